The summed E-state index contributed by atoms with van der Waals surface area (Å²) in [4.78, 5) is 13.5. The van der Waals surface area contributed by atoms with Crippen LogP contribution in [0.1, 0.15) is 27.4 Å². The van der Waals surface area contributed by atoms with E-state index in [1.54, 1.807) is 0 Å². The number of Topliss-reactive ketones (excluding diaryl/α,β-unsaturated/α-hetero) is 1. The first-order chi connectivity index (χ1) is 14.8. The van der Waals surface area contributed by atoms with Crippen molar-refractivity contribution in [3.63, 3.8) is 0 Å². The lowest BCUT2D eigenvalue weighted by molar-refractivity contribution is 0.0285. The van der Waals surface area contributed by atoms with Crippen LogP contribution in [-0.4, -0.2) is 11.9 Å². The largest absolute Gasteiger partial charge is 0.364 e. The Bertz CT molecular complexity index is 1130. The van der Waals surface area contributed by atoms with Gasteiger partial charge in [0.25, 0.3) is 0 Å². The Labute approximate surface area is 177 Å². The lowest BCUT2D eigenvalue weighted by Crippen LogP contribution is -2.30. The summed E-state index contributed by atoms with van der Waals surface area (Å²) in [6, 6.07) is 33.6. The van der Waals surface area contributed by atoms with E-state index in [9.17, 15) is 4.79 Å². The Hall–Kier alpha value is -3.49. The monoisotopic (exact) mass is 392 g/mol. The van der Waals surface area contributed by atoms with Gasteiger partial charge in [-0.2, -0.15) is 0 Å². The van der Waals surface area contributed by atoms with Crippen LogP contribution in [0.2, 0.25) is 0 Å². The maximum absolute atomic E-state index is 13.5. The van der Waals surface area contributed by atoms with Crippen molar-refractivity contribution >= 4 is 16.6 Å². The second kappa shape index (κ2) is 9.34. The standard InChI is InChI=1S/C28H24O2/c1-2-24(26-19-11-17-22-14-9-10-18-25(22)26)28(27(29)23-15-7-4-8-16-23)30-20-21-12-5-3-6-13-21/h2-19,24,28H,1,20H2/t24-,28+/m1/s1. The third-order valence-electron chi connectivity index (χ3n) is 5.35. The maximum atomic E-state index is 13.5. The number of hydrogen-bond donors (Lipinski definition) is 0. The van der Waals surface area contributed by atoms with Gasteiger partial charge >= 0.3 is 0 Å². The minimum Gasteiger partial charge on any atom is -0.364 e. The summed E-state index contributed by atoms with van der Waals surface area (Å²) in [5.74, 6) is -0.308. The first-order valence-corrected chi connectivity index (χ1v) is 10.1. The molecule has 4 aromatic rings. The fraction of sp³-hybridized carbons (Fsp3) is 0.107. The molecule has 0 saturated carbocycles. The summed E-state index contributed by atoms with van der Waals surface area (Å²) < 4.78 is 6.28. The molecule has 4 aromatic carbocycles. The van der Waals surface area contributed by atoms with Gasteiger partial charge in [-0.05, 0) is 21.9 Å². The molecule has 0 aromatic heterocycles. The number of ether oxygens (including phenoxy) is 1. The predicted molar refractivity (Wildman–Crippen MR) is 123 cm³/mol. The van der Waals surface area contributed by atoms with E-state index >= 15 is 0 Å². The van der Waals surface area contributed by atoms with Crippen molar-refractivity contribution in [2.75, 3.05) is 0 Å². The topological polar surface area (TPSA) is 26.3 Å². The molecule has 0 amide bonds. The minimum atomic E-state index is -0.670. The highest BCUT2D eigenvalue weighted by atomic mass is 16.5. The van der Waals surface area contributed by atoms with Crippen molar-refractivity contribution in [2.24, 2.45) is 0 Å². The summed E-state index contributed by atoms with van der Waals surface area (Å²) in [7, 11) is 0. The molecule has 0 aliphatic heterocycles. The number of hydrogen-bond acceptors (Lipinski definition) is 2. The average molecular weight is 392 g/mol. The Morgan fingerprint density at radius 3 is 2.17 bits per heavy atom. The molecule has 0 fully saturated rings. The molecule has 148 valence electrons. The molecular formula is C28H24O2. The molecular weight excluding hydrogens is 368 g/mol. The SMILES string of the molecule is C=C[C@H](c1cccc2ccccc12)[C@H](OCc1ccccc1)C(=O)c1ccccc1. The Morgan fingerprint density at radius 1 is 0.800 bits per heavy atom. The highest BCUT2D eigenvalue weighted by Crippen LogP contribution is 2.32. The van der Waals surface area contributed by atoms with Gasteiger partial charge in [-0.25, -0.2) is 0 Å². The second-order valence-corrected chi connectivity index (χ2v) is 7.28. The van der Waals surface area contributed by atoms with E-state index in [0.717, 1.165) is 21.9 Å². The average Bonchev–Trinajstić information content (AvgIpc) is 2.82. The zero-order chi connectivity index (χ0) is 20.8. The summed E-state index contributed by atoms with van der Waals surface area (Å²) in [5.41, 5.74) is 2.72. The Morgan fingerprint density at radius 2 is 1.43 bits per heavy atom. The van der Waals surface area contributed by atoms with Crippen LogP contribution < -0.4 is 0 Å². The summed E-state index contributed by atoms with van der Waals surface area (Å²) >= 11 is 0. The van der Waals surface area contributed by atoms with E-state index < -0.39 is 6.10 Å². The van der Waals surface area contributed by atoms with E-state index in [0.29, 0.717) is 12.2 Å². The molecule has 0 bridgehead atoms. The highest BCUT2D eigenvalue weighted by Gasteiger charge is 2.30. The molecule has 4 rings (SSSR count). The number of fused-ring (bicyclic) bond motifs is 1. The van der Waals surface area contributed by atoms with Crippen molar-refractivity contribution in [2.45, 2.75) is 18.6 Å². The normalized spacial score (nSPS) is 12.9. The van der Waals surface area contributed by atoms with Gasteiger partial charge in [0.15, 0.2) is 5.78 Å². The minimum absolute atomic E-state index is 0.0376. The lowest BCUT2D eigenvalue weighted by Gasteiger charge is -2.26. The molecule has 30 heavy (non-hydrogen) atoms. The zero-order valence-corrected chi connectivity index (χ0v) is 16.8. The first-order valence-electron chi connectivity index (χ1n) is 10.1. The van der Waals surface area contributed by atoms with Gasteiger partial charge in [-0.3, -0.25) is 4.79 Å². The fourth-order valence-electron chi connectivity index (χ4n) is 3.82. The summed E-state index contributed by atoms with van der Waals surface area (Å²) in [6.07, 6.45) is 1.16. The third kappa shape index (κ3) is 4.24. The highest BCUT2D eigenvalue weighted by molar-refractivity contribution is 6.01. The molecule has 0 unspecified atom stereocenters. The number of carbonyl (C=O) groups excluding carboxylic acids is 1. The van der Waals surface area contributed by atoms with Crippen molar-refractivity contribution in [1.82, 2.24) is 0 Å². The van der Waals surface area contributed by atoms with E-state index in [1.165, 1.54) is 0 Å². The maximum Gasteiger partial charge on any atom is 0.192 e. The van der Waals surface area contributed by atoms with Crippen LogP contribution in [0.5, 0.6) is 0 Å². The number of ketones is 1. The fourth-order valence-corrected chi connectivity index (χ4v) is 3.82. The first kappa shape index (κ1) is 19.8. The van der Waals surface area contributed by atoms with Crippen molar-refractivity contribution in [3.05, 3.63) is 132 Å². The predicted octanol–water partition coefficient (Wildman–Crippen LogP) is 6.58. The molecule has 0 aliphatic carbocycles. The Balaban J connectivity index is 1.74. The van der Waals surface area contributed by atoms with E-state index in [-0.39, 0.29) is 11.7 Å². The number of carbonyl (C=O) groups is 1. The third-order valence-corrected chi connectivity index (χ3v) is 5.35. The Kier molecular flexibility index (Phi) is 6.17. The summed E-state index contributed by atoms with van der Waals surface area (Å²) in [5, 5.41) is 2.25. The van der Waals surface area contributed by atoms with Crippen LogP contribution in [0.3, 0.4) is 0 Å². The van der Waals surface area contributed by atoms with Crippen molar-refractivity contribution in [3.8, 4) is 0 Å². The molecule has 0 aliphatic rings. The van der Waals surface area contributed by atoms with Gasteiger partial charge in [0.05, 0.1) is 6.61 Å². The van der Waals surface area contributed by atoms with Gasteiger partial charge in [-0.15, -0.1) is 6.58 Å². The molecule has 0 radical (unpaired) electrons. The van der Waals surface area contributed by atoms with Crippen LogP contribution in [0, 0.1) is 0 Å². The zero-order valence-electron chi connectivity index (χ0n) is 16.8. The van der Waals surface area contributed by atoms with Gasteiger partial charge in [0.1, 0.15) is 6.10 Å². The van der Waals surface area contributed by atoms with Crippen LogP contribution in [0.4, 0.5) is 0 Å². The van der Waals surface area contributed by atoms with E-state index in [1.807, 2.05) is 84.9 Å². The second-order valence-electron chi connectivity index (χ2n) is 7.28. The lowest BCUT2D eigenvalue weighted by atomic mass is 9.86. The number of rotatable bonds is 8. The van der Waals surface area contributed by atoms with Gasteiger partial charge < -0.3 is 4.74 Å². The molecule has 2 nitrogen and oxygen atoms in total. The van der Waals surface area contributed by atoms with Crippen molar-refractivity contribution in [1.29, 1.82) is 0 Å². The van der Waals surface area contributed by atoms with Gasteiger partial charge in [0, 0.05) is 11.5 Å². The van der Waals surface area contributed by atoms with Crippen LogP contribution in [0.15, 0.2) is 116 Å². The molecule has 0 heterocycles. The molecule has 0 N–H and O–H groups in total. The van der Waals surface area contributed by atoms with E-state index in [2.05, 4.69) is 30.8 Å². The quantitative estimate of drug-likeness (QED) is 0.250. The summed E-state index contributed by atoms with van der Waals surface area (Å²) in [6.45, 7) is 4.42. The van der Waals surface area contributed by atoms with Gasteiger partial charge in [-0.1, -0.05) is 109 Å². The van der Waals surface area contributed by atoms with Crippen LogP contribution in [0.25, 0.3) is 10.8 Å². The molecule has 2 atom stereocenters. The van der Waals surface area contributed by atoms with Crippen LogP contribution >= 0.6 is 0 Å². The molecule has 0 spiro atoms. The number of benzene rings is 4. The van der Waals surface area contributed by atoms with Gasteiger partial charge in [0.2, 0.25) is 0 Å². The van der Waals surface area contributed by atoms with Crippen molar-refractivity contribution < 1.29 is 9.53 Å². The van der Waals surface area contributed by atoms with Crippen LogP contribution in [-0.2, 0) is 11.3 Å². The van der Waals surface area contributed by atoms with E-state index in [4.69, 9.17) is 4.74 Å². The smallest absolute Gasteiger partial charge is 0.192 e. The molecule has 2 heteroatoms. The molecule has 0 saturated heterocycles.